The highest BCUT2D eigenvalue weighted by atomic mass is 28.4. The van der Waals surface area contributed by atoms with Crippen molar-refractivity contribution >= 4 is 8.80 Å². The van der Waals surface area contributed by atoms with E-state index in [9.17, 15) is 0 Å². The molecule has 0 unspecified atom stereocenters. The van der Waals surface area contributed by atoms with Gasteiger partial charge in [-0.1, -0.05) is 78.2 Å². The van der Waals surface area contributed by atoms with Gasteiger partial charge < -0.3 is 13.3 Å². The van der Waals surface area contributed by atoms with E-state index < -0.39 is 8.80 Å². The van der Waals surface area contributed by atoms with Crippen molar-refractivity contribution in [1.82, 2.24) is 0 Å². The van der Waals surface area contributed by atoms with Gasteiger partial charge in [0.1, 0.15) is 0 Å². The molecule has 3 nitrogen and oxygen atoms in total. The van der Waals surface area contributed by atoms with Gasteiger partial charge >= 0.3 is 8.80 Å². The Bertz CT molecular complexity index is 339. The highest BCUT2D eigenvalue weighted by molar-refractivity contribution is 6.68. The molecule has 0 saturated heterocycles. The van der Waals surface area contributed by atoms with Crippen LogP contribution in [0.1, 0.15) is 117 Å². The topological polar surface area (TPSA) is 27.7 Å². The molecule has 0 amide bonds. The van der Waals surface area contributed by atoms with Crippen LogP contribution in [0.5, 0.6) is 0 Å². The molecule has 0 radical (unpaired) electrons. The minimum atomic E-state index is -2.74. The van der Waals surface area contributed by atoms with Crippen molar-refractivity contribution in [3.63, 3.8) is 0 Å². The number of rotatable bonds is 16. The smallest absolute Gasteiger partial charge is 0.370 e. The molecule has 0 bridgehead atoms. The fraction of sp³-hybridized carbons (Fsp3) is 0.913. The predicted molar refractivity (Wildman–Crippen MR) is 118 cm³/mol. The van der Waals surface area contributed by atoms with Gasteiger partial charge in [0, 0.05) is 19.8 Å². The molecule has 0 atom stereocenters. The molecule has 0 heterocycles. The molecular formula is C23H46O3Si. The van der Waals surface area contributed by atoms with Crippen molar-refractivity contribution in [2.24, 2.45) is 0 Å². The molecule has 1 aliphatic rings. The van der Waals surface area contributed by atoms with E-state index in [4.69, 9.17) is 13.3 Å². The average Bonchev–Trinajstić information content (AvgIpc) is 2.65. The summed E-state index contributed by atoms with van der Waals surface area (Å²) in [6, 6.07) is 0. The van der Waals surface area contributed by atoms with Gasteiger partial charge in [0.15, 0.2) is 0 Å². The van der Waals surface area contributed by atoms with E-state index in [0.717, 1.165) is 51.9 Å². The van der Waals surface area contributed by atoms with Crippen molar-refractivity contribution < 1.29 is 13.3 Å². The first-order valence-corrected chi connectivity index (χ1v) is 13.6. The fourth-order valence-electron chi connectivity index (χ4n) is 3.55. The quantitative estimate of drug-likeness (QED) is 0.201. The number of hydrogen-bond donors (Lipinski definition) is 0. The fourth-order valence-corrected chi connectivity index (χ4v) is 6.47. The SMILES string of the molecule is CCCCCO[Si](OCCCCC)(OCCCCC)/C1=C/CCCCCC1. The Balaban J connectivity index is 2.87. The van der Waals surface area contributed by atoms with Crippen molar-refractivity contribution in [1.29, 1.82) is 0 Å². The lowest BCUT2D eigenvalue weighted by Gasteiger charge is -2.33. The second-order valence-corrected chi connectivity index (χ2v) is 10.5. The van der Waals surface area contributed by atoms with E-state index in [-0.39, 0.29) is 0 Å². The maximum absolute atomic E-state index is 6.55. The highest BCUT2D eigenvalue weighted by Crippen LogP contribution is 2.29. The summed E-state index contributed by atoms with van der Waals surface area (Å²) in [5.74, 6) is 0. The Morgan fingerprint density at radius 2 is 1.15 bits per heavy atom. The Hall–Kier alpha value is -0.163. The Kier molecular flexibility index (Phi) is 15.4. The monoisotopic (exact) mass is 398 g/mol. The molecule has 4 heteroatoms. The van der Waals surface area contributed by atoms with Gasteiger partial charge in [0.2, 0.25) is 0 Å². The Labute approximate surface area is 170 Å². The van der Waals surface area contributed by atoms with Crippen LogP contribution in [0.15, 0.2) is 11.3 Å². The third kappa shape index (κ3) is 10.8. The molecule has 1 aliphatic carbocycles. The molecule has 0 saturated carbocycles. The van der Waals surface area contributed by atoms with Crippen LogP contribution in [0, 0.1) is 0 Å². The third-order valence-electron chi connectivity index (χ3n) is 5.30. The number of hydrogen-bond acceptors (Lipinski definition) is 3. The summed E-state index contributed by atoms with van der Waals surface area (Å²) < 4.78 is 19.7. The van der Waals surface area contributed by atoms with Crippen LogP contribution in [0.3, 0.4) is 0 Å². The summed E-state index contributed by atoms with van der Waals surface area (Å²) in [5.41, 5.74) is 0. The summed E-state index contributed by atoms with van der Waals surface area (Å²) in [6.07, 6.45) is 20.5. The summed E-state index contributed by atoms with van der Waals surface area (Å²) >= 11 is 0. The van der Waals surface area contributed by atoms with Crippen LogP contribution < -0.4 is 0 Å². The largest absolute Gasteiger partial charge is 0.532 e. The van der Waals surface area contributed by atoms with Crippen molar-refractivity contribution in [3.8, 4) is 0 Å². The molecule has 0 N–H and O–H groups in total. The van der Waals surface area contributed by atoms with Gasteiger partial charge in [-0.2, -0.15) is 0 Å². The van der Waals surface area contributed by atoms with E-state index in [1.165, 1.54) is 69.4 Å². The van der Waals surface area contributed by atoms with Crippen molar-refractivity contribution in [3.05, 3.63) is 11.3 Å². The van der Waals surface area contributed by atoms with Crippen molar-refractivity contribution in [2.45, 2.75) is 117 Å². The van der Waals surface area contributed by atoms with Gasteiger partial charge in [-0.05, 0) is 50.1 Å². The van der Waals surface area contributed by atoms with Gasteiger partial charge in [-0.25, -0.2) is 0 Å². The minimum absolute atomic E-state index is 0.777. The van der Waals surface area contributed by atoms with Gasteiger partial charge in [0.25, 0.3) is 0 Å². The average molecular weight is 399 g/mol. The van der Waals surface area contributed by atoms with E-state index in [0.29, 0.717) is 0 Å². The van der Waals surface area contributed by atoms with E-state index in [1.54, 1.807) is 0 Å². The second kappa shape index (κ2) is 16.8. The second-order valence-electron chi connectivity index (χ2n) is 7.91. The van der Waals surface area contributed by atoms with Crippen molar-refractivity contribution in [2.75, 3.05) is 19.8 Å². The van der Waals surface area contributed by atoms with Crippen LogP contribution >= 0.6 is 0 Å². The minimum Gasteiger partial charge on any atom is -0.370 e. The molecule has 0 aromatic carbocycles. The lowest BCUT2D eigenvalue weighted by Crippen LogP contribution is -2.49. The number of allylic oxidation sites excluding steroid dienone is 2. The van der Waals surface area contributed by atoms with Gasteiger partial charge in [-0.15, -0.1) is 0 Å². The first-order chi connectivity index (χ1) is 13.3. The molecular weight excluding hydrogens is 352 g/mol. The summed E-state index contributed by atoms with van der Waals surface area (Å²) in [7, 11) is -2.74. The zero-order valence-corrected chi connectivity index (χ0v) is 19.5. The van der Waals surface area contributed by atoms with Crippen LogP contribution in [0.4, 0.5) is 0 Å². The summed E-state index contributed by atoms with van der Waals surface area (Å²) in [4.78, 5) is 0. The van der Waals surface area contributed by atoms with Gasteiger partial charge in [0.05, 0.1) is 0 Å². The molecule has 27 heavy (non-hydrogen) atoms. The standard InChI is InChI=1S/C23H46O3Si/c1-4-7-15-20-24-27(25-21-16-8-5-2,26-22-17-9-6-3)23-18-13-11-10-12-14-19-23/h18H,4-17,19-22H2,1-3H3/b23-18+. The maximum Gasteiger partial charge on any atom is 0.532 e. The number of unbranched alkanes of at least 4 members (excludes halogenated alkanes) is 6. The van der Waals surface area contributed by atoms with Crippen LogP contribution in [-0.4, -0.2) is 28.6 Å². The van der Waals surface area contributed by atoms with Crippen LogP contribution in [0.25, 0.3) is 0 Å². The van der Waals surface area contributed by atoms with Crippen LogP contribution in [-0.2, 0) is 13.3 Å². The lowest BCUT2D eigenvalue weighted by atomic mass is 10.1. The molecule has 0 aromatic heterocycles. The van der Waals surface area contributed by atoms with E-state index in [2.05, 4.69) is 26.8 Å². The molecule has 0 aromatic rings. The molecule has 0 spiro atoms. The van der Waals surface area contributed by atoms with E-state index >= 15 is 0 Å². The summed E-state index contributed by atoms with van der Waals surface area (Å²) in [5, 5.41) is 1.38. The highest BCUT2D eigenvalue weighted by Gasteiger charge is 2.45. The first kappa shape index (κ1) is 24.9. The van der Waals surface area contributed by atoms with Crippen LogP contribution in [0.2, 0.25) is 0 Å². The Morgan fingerprint density at radius 3 is 1.63 bits per heavy atom. The predicted octanol–water partition coefficient (Wildman–Crippen LogP) is 7.37. The summed E-state index contributed by atoms with van der Waals surface area (Å²) in [6.45, 7) is 9.05. The molecule has 160 valence electrons. The Morgan fingerprint density at radius 1 is 0.667 bits per heavy atom. The zero-order chi connectivity index (χ0) is 19.6. The molecule has 0 aliphatic heterocycles. The van der Waals surface area contributed by atoms with Gasteiger partial charge in [-0.3, -0.25) is 0 Å². The maximum atomic E-state index is 6.55. The zero-order valence-electron chi connectivity index (χ0n) is 18.5. The molecule has 0 fully saturated rings. The third-order valence-corrected chi connectivity index (χ3v) is 8.30. The normalized spacial score (nSPS) is 18.0. The molecule has 1 rings (SSSR count). The van der Waals surface area contributed by atoms with E-state index in [1.807, 2.05) is 0 Å². The first-order valence-electron chi connectivity index (χ1n) is 11.9. The lowest BCUT2D eigenvalue weighted by molar-refractivity contribution is 0.0631.